The number of aliphatic hydroxyl groups is 1. The highest BCUT2D eigenvalue weighted by atomic mass is 32.1. The Morgan fingerprint density at radius 1 is 1.00 bits per heavy atom. The normalized spacial score (nSPS) is 15.5. The topological polar surface area (TPSA) is 160 Å². The molecule has 3 N–H and O–H groups in total. The fraction of sp³-hybridized carbons (Fsp3) is 0.526. The minimum absolute atomic E-state index is 0.0525. The molecule has 2 aromatic heterocycles. The zero-order valence-corrected chi connectivity index (χ0v) is 31.7. The Morgan fingerprint density at radius 3 is 2.27 bits per heavy atom. The highest BCUT2D eigenvalue weighted by Gasteiger charge is 2.36. The summed E-state index contributed by atoms with van der Waals surface area (Å²) in [5.74, 6) is -2.16. The third-order valence-electron chi connectivity index (χ3n) is 9.10. The maximum absolute atomic E-state index is 14.1. The van der Waals surface area contributed by atoms with Gasteiger partial charge in [0.15, 0.2) is 6.10 Å². The fourth-order valence-electron chi connectivity index (χ4n) is 5.99. The Balaban J connectivity index is 1.82. The number of nitrogens with zero attached hydrogens (tertiary/aromatic N) is 3. The van der Waals surface area contributed by atoms with E-state index in [1.807, 2.05) is 58.0 Å². The third-order valence-corrected chi connectivity index (χ3v) is 10.1. The van der Waals surface area contributed by atoms with Gasteiger partial charge in [0.2, 0.25) is 5.91 Å². The van der Waals surface area contributed by atoms with Gasteiger partial charge in [0.1, 0.15) is 23.0 Å². The van der Waals surface area contributed by atoms with E-state index in [4.69, 9.17) is 14.5 Å². The van der Waals surface area contributed by atoms with Crippen molar-refractivity contribution in [1.29, 1.82) is 0 Å². The van der Waals surface area contributed by atoms with E-state index in [-0.39, 0.29) is 41.9 Å². The Hall–Kier alpha value is -4.20. The SMILES string of the molecule is CC[C@H](C)[C@H](NC(=O)c1ccccn1)C(=O)N(C)[C@H](C[C@@H](OC(C)=O)c1nc(C(O)N[C@@H](Cc2ccccc2)C[C@H](C)C(=O)OC)cs1)C(C)C. The van der Waals surface area contributed by atoms with Gasteiger partial charge in [-0.25, -0.2) is 4.98 Å². The van der Waals surface area contributed by atoms with Crippen molar-refractivity contribution >= 4 is 35.1 Å². The van der Waals surface area contributed by atoms with Crippen molar-refractivity contribution in [1.82, 2.24) is 25.5 Å². The van der Waals surface area contributed by atoms with Crippen molar-refractivity contribution in [3.63, 3.8) is 0 Å². The summed E-state index contributed by atoms with van der Waals surface area (Å²) < 4.78 is 10.7. The lowest BCUT2D eigenvalue weighted by Crippen LogP contribution is -2.54. The minimum atomic E-state index is -1.17. The number of pyridine rings is 1. The maximum atomic E-state index is 14.1. The molecule has 7 atom stereocenters. The van der Waals surface area contributed by atoms with Crippen molar-refractivity contribution in [2.75, 3.05) is 14.2 Å². The number of hydrogen-bond donors (Lipinski definition) is 3. The first-order valence-corrected chi connectivity index (χ1v) is 18.3. The largest absolute Gasteiger partial charge is 0.469 e. The Labute approximate surface area is 305 Å². The maximum Gasteiger partial charge on any atom is 0.308 e. The van der Waals surface area contributed by atoms with Crippen LogP contribution in [-0.4, -0.2) is 76.0 Å². The number of carbonyl (C=O) groups excluding carboxylic acids is 4. The third kappa shape index (κ3) is 12.2. The number of aromatic nitrogens is 2. The van der Waals surface area contributed by atoms with Gasteiger partial charge in [0, 0.05) is 44.1 Å². The second-order valence-electron chi connectivity index (χ2n) is 13.4. The van der Waals surface area contributed by atoms with Gasteiger partial charge < -0.3 is 24.8 Å². The summed E-state index contributed by atoms with van der Waals surface area (Å²) in [6.45, 7) is 10.9. The van der Waals surface area contributed by atoms with Gasteiger partial charge in [-0.05, 0) is 42.4 Å². The molecule has 3 rings (SSSR count). The molecule has 13 heteroatoms. The van der Waals surface area contributed by atoms with Gasteiger partial charge in [-0.3, -0.25) is 29.5 Å². The van der Waals surface area contributed by atoms with E-state index >= 15 is 0 Å². The first-order valence-electron chi connectivity index (χ1n) is 17.4. The zero-order valence-electron chi connectivity index (χ0n) is 30.9. The van der Waals surface area contributed by atoms with Gasteiger partial charge in [-0.1, -0.05) is 77.4 Å². The van der Waals surface area contributed by atoms with Crippen molar-refractivity contribution < 1.29 is 33.8 Å². The number of hydrogen-bond acceptors (Lipinski definition) is 11. The van der Waals surface area contributed by atoms with Crippen LogP contribution < -0.4 is 10.6 Å². The summed E-state index contributed by atoms with van der Waals surface area (Å²) in [5, 5.41) is 19.6. The zero-order chi connectivity index (χ0) is 37.7. The molecule has 2 heterocycles. The molecule has 0 saturated carbocycles. The molecular weight excluding hydrogens is 671 g/mol. The highest BCUT2D eigenvalue weighted by Crippen LogP contribution is 2.32. The van der Waals surface area contributed by atoms with Crippen LogP contribution in [0.25, 0.3) is 0 Å². The van der Waals surface area contributed by atoms with E-state index < -0.39 is 42.2 Å². The minimum Gasteiger partial charge on any atom is -0.469 e. The number of nitrogens with one attached hydrogen (secondary N) is 2. The number of thiazole rings is 1. The van der Waals surface area contributed by atoms with Crippen molar-refractivity contribution in [3.05, 3.63) is 82.1 Å². The molecule has 0 aliphatic rings. The number of esters is 2. The van der Waals surface area contributed by atoms with Crippen molar-refractivity contribution in [2.45, 2.75) is 97.7 Å². The molecule has 0 saturated heterocycles. The molecule has 1 unspecified atom stereocenters. The summed E-state index contributed by atoms with van der Waals surface area (Å²) in [7, 11) is 3.05. The average Bonchev–Trinajstić information content (AvgIpc) is 3.62. The Kier molecular flexibility index (Phi) is 16.2. The molecule has 278 valence electrons. The molecule has 0 radical (unpaired) electrons. The van der Waals surface area contributed by atoms with Gasteiger partial charge in [0.25, 0.3) is 5.91 Å². The molecule has 0 spiro atoms. The van der Waals surface area contributed by atoms with Crippen molar-refractivity contribution in [2.24, 2.45) is 17.8 Å². The van der Waals surface area contributed by atoms with E-state index in [0.29, 0.717) is 30.0 Å². The van der Waals surface area contributed by atoms with E-state index in [0.717, 1.165) is 5.56 Å². The number of likely N-dealkylation sites (N-methyl/N-ethyl adjacent to an activating group) is 1. The molecule has 51 heavy (non-hydrogen) atoms. The standard InChI is InChI=1S/C38H53N5O7S/c1-9-24(4)33(42-34(45)29-17-13-14-18-39-29)37(47)43(7)31(23(2)3)21-32(50-26(6)44)36-41-30(22-51-36)35(46)40-28(19-25(5)38(48)49-8)20-27-15-11-10-12-16-27/h10-18,22-25,28,31-33,35,40,46H,9,19-21H2,1-8H3,(H,42,45)/t24-,25-,28+,31+,32+,33-,35?/m0/s1. The lowest BCUT2D eigenvalue weighted by molar-refractivity contribution is -0.149. The lowest BCUT2D eigenvalue weighted by Gasteiger charge is -2.36. The first kappa shape index (κ1) is 41.2. The molecule has 0 bridgehead atoms. The number of methoxy groups -OCH3 is 1. The van der Waals surface area contributed by atoms with Crippen molar-refractivity contribution in [3.8, 4) is 0 Å². The monoisotopic (exact) mass is 723 g/mol. The predicted molar refractivity (Wildman–Crippen MR) is 195 cm³/mol. The smallest absolute Gasteiger partial charge is 0.308 e. The quantitative estimate of drug-likeness (QED) is 0.110. The van der Waals surface area contributed by atoms with Crippen LogP contribution in [0.15, 0.2) is 60.1 Å². The van der Waals surface area contributed by atoms with Crippen LogP contribution in [-0.2, 0) is 30.3 Å². The second kappa shape index (κ2) is 20.0. The molecule has 2 amide bonds. The summed E-state index contributed by atoms with van der Waals surface area (Å²) in [4.78, 5) is 62.1. The Morgan fingerprint density at radius 2 is 1.69 bits per heavy atom. The summed E-state index contributed by atoms with van der Waals surface area (Å²) in [5.41, 5.74) is 1.60. The predicted octanol–water partition coefficient (Wildman–Crippen LogP) is 5.25. The van der Waals surface area contributed by atoms with Gasteiger partial charge >= 0.3 is 11.9 Å². The van der Waals surface area contributed by atoms with Crippen LogP contribution >= 0.6 is 11.3 Å². The highest BCUT2D eigenvalue weighted by molar-refractivity contribution is 7.09. The molecule has 3 aromatic rings. The average molecular weight is 724 g/mol. The number of aliphatic hydroxyl groups excluding tert-OH is 1. The van der Waals surface area contributed by atoms with Crippen LogP contribution in [0.3, 0.4) is 0 Å². The Bertz CT molecular complexity index is 1550. The number of benzene rings is 1. The number of rotatable bonds is 19. The van der Waals surface area contributed by atoms with Crippen LogP contribution in [0.5, 0.6) is 0 Å². The second-order valence-corrected chi connectivity index (χ2v) is 14.3. The van der Waals surface area contributed by atoms with Gasteiger partial charge in [-0.2, -0.15) is 0 Å². The van der Waals surface area contributed by atoms with Crippen LogP contribution in [0, 0.1) is 17.8 Å². The summed E-state index contributed by atoms with van der Waals surface area (Å²) in [6, 6.07) is 13.3. The molecule has 0 fully saturated rings. The fourth-order valence-corrected chi connectivity index (χ4v) is 6.87. The van der Waals surface area contributed by atoms with Gasteiger partial charge in [0.05, 0.1) is 18.7 Å². The van der Waals surface area contributed by atoms with Crippen LogP contribution in [0.4, 0.5) is 0 Å². The molecule has 0 aliphatic heterocycles. The number of amides is 2. The van der Waals surface area contributed by atoms with Crippen LogP contribution in [0.2, 0.25) is 0 Å². The summed E-state index contributed by atoms with van der Waals surface area (Å²) in [6.07, 6.45) is 1.42. The first-order chi connectivity index (χ1) is 24.2. The summed E-state index contributed by atoms with van der Waals surface area (Å²) >= 11 is 1.25. The molecule has 1 aromatic carbocycles. The lowest BCUT2D eigenvalue weighted by atomic mass is 9.93. The van der Waals surface area contributed by atoms with Crippen LogP contribution in [0.1, 0.15) is 99.9 Å². The number of carbonyl (C=O) groups is 4. The van der Waals surface area contributed by atoms with Gasteiger partial charge in [-0.15, -0.1) is 11.3 Å². The van der Waals surface area contributed by atoms with E-state index in [1.54, 1.807) is 42.5 Å². The van der Waals surface area contributed by atoms with E-state index in [1.165, 1.54) is 31.6 Å². The molecule has 12 nitrogen and oxygen atoms in total. The van der Waals surface area contributed by atoms with E-state index in [2.05, 4.69) is 15.6 Å². The molecular formula is C38H53N5O7S. The number of ether oxygens (including phenoxy) is 2. The molecule has 0 aliphatic carbocycles. The van der Waals surface area contributed by atoms with E-state index in [9.17, 15) is 24.3 Å².